The van der Waals surface area contributed by atoms with E-state index in [1.54, 1.807) is 18.3 Å². The van der Waals surface area contributed by atoms with E-state index in [1.807, 2.05) is 0 Å². The number of hydrogen-bond donors (Lipinski definition) is 1. The number of aromatic nitrogens is 2. The molecule has 0 radical (unpaired) electrons. The van der Waals surface area contributed by atoms with E-state index in [0.717, 1.165) is 18.4 Å². The van der Waals surface area contributed by atoms with Gasteiger partial charge in [0.1, 0.15) is 10.7 Å². The Labute approximate surface area is 128 Å². The largest absolute Gasteiger partial charge is 0.493 e. The van der Waals surface area contributed by atoms with E-state index < -0.39 is 10.0 Å². The summed E-state index contributed by atoms with van der Waals surface area (Å²) >= 11 is 0. The molecule has 0 saturated heterocycles. The van der Waals surface area contributed by atoms with Crippen molar-refractivity contribution in [3.05, 3.63) is 30.0 Å². The monoisotopic (exact) mass is 323 g/mol. The summed E-state index contributed by atoms with van der Waals surface area (Å²) in [5.41, 5.74) is 0.900. The molecule has 22 heavy (non-hydrogen) atoms. The van der Waals surface area contributed by atoms with Crippen LogP contribution in [0.1, 0.15) is 12.0 Å². The van der Waals surface area contributed by atoms with E-state index in [2.05, 4.69) is 10.2 Å². The first-order valence-electron chi connectivity index (χ1n) is 6.85. The Morgan fingerprint density at radius 2 is 2.09 bits per heavy atom. The number of aryl methyl sites for hydroxylation is 1. The molecular weight excluding hydrogens is 306 g/mol. The maximum Gasteiger partial charge on any atom is 0.269 e. The van der Waals surface area contributed by atoms with Crippen LogP contribution in [0.3, 0.4) is 0 Å². The van der Waals surface area contributed by atoms with Crippen molar-refractivity contribution in [2.45, 2.75) is 17.7 Å². The van der Waals surface area contributed by atoms with Crippen LogP contribution < -0.4 is 13.8 Å². The second-order valence-electron chi connectivity index (χ2n) is 4.92. The Morgan fingerprint density at radius 1 is 1.27 bits per heavy atom. The number of benzene rings is 1. The highest BCUT2D eigenvalue weighted by molar-refractivity contribution is 7.93. The molecule has 0 fully saturated rings. The van der Waals surface area contributed by atoms with Gasteiger partial charge >= 0.3 is 0 Å². The molecular formula is C14H17N3O4S. The summed E-state index contributed by atoms with van der Waals surface area (Å²) in [6, 6.07) is 4.81. The number of nitrogens with zero attached hydrogens (tertiary/aromatic N) is 2. The number of methoxy groups -OCH3 is 2. The lowest BCUT2D eigenvalue weighted by Crippen LogP contribution is -2.35. The lowest BCUT2D eigenvalue weighted by Gasteiger charge is -2.28. The highest BCUT2D eigenvalue weighted by Gasteiger charge is 2.33. The van der Waals surface area contributed by atoms with Crippen molar-refractivity contribution in [1.82, 2.24) is 10.2 Å². The Balaban J connectivity index is 2.13. The van der Waals surface area contributed by atoms with Crippen LogP contribution in [0.2, 0.25) is 0 Å². The van der Waals surface area contributed by atoms with Crippen LogP contribution in [-0.2, 0) is 16.4 Å². The number of nitrogens with one attached hydrogen (secondary N) is 1. The third-order valence-electron chi connectivity index (χ3n) is 3.69. The number of aromatic amines is 1. The molecule has 1 aromatic carbocycles. The number of fused-ring (bicyclic) bond motifs is 1. The van der Waals surface area contributed by atoms with Gasteiger partial charge in [0.25, 0.3) is 10.0 Å². The minimum Gasteiger partial charge on any atom is -0.493 e. The summed E-state index contributed by atoms with van der Waals surface area (Å²) in [4.78, 5) is 0.0804. The fourth-order valence-electron chi connectivity index (χ4n) is 2.65. The Kier molecular flexibility index (Phi) is 3.69. The predicted octanol–water partition coefficient (Wildman–Crippen LogP) is 1.57. The average Bonchev–Trinajstić information content (AvgIpc) is 3.02. The molecule has 1 aliphatic rings. The van der Waals surface area contributed by atoms with Crippen LogP contribution in [0.15, 0.2) is 29.3 Å². The van der Waals surface area contributed by atoms with Crippen molar-refractivity contribution < 1.29 is 17.9 Å². The first kappa shape index (κ1) is 14.7. The number of ether oxygens (including phenoxy) is 2. The fraction of sp³-hybridized carbons (Fsp3) is 0.357. The van der Waals surface area contributed by atoms with Gasteiger partial charge in [0, 0.05) is 12.1 Å². The maximum absolute atomic E-state index is 13.0. The minimum absolute atomic E-state index is 0.0804. The normalized spacial score (nSPS) is 14.5. The van der Waals surface area contributed by atoms with Gasteiger partial charge < -0.3 is 9.47 Å². The van der Waals surface area contributed by atoms with Crippen LogP contribution in [-0.4, -0.2) is 39.4 Å². The van der Waals surface area contributed by atoms with Gasteiger partial charge in [0.15, 0.2) is 11.5 Å². The average molecular weight is 323 g/mol. The van der Waals surface area contributed by atoms with Crippen LogP contribution in [0, 0.1) is 0 Å². The van der Waals surface area contributed by atoms with Crippen molar-refractivity contribution in [2.75, 3.05) is 25.1 Å². The highest BCUT2D eigenvalue weighted by Crippen LogP contribution is 2.38. The lowest BCUT2D eigenvalue weighted by atomic mass is 10.1. The van der Waals surface area contributed by atoms with Crippen LogP contribution in [0.25, 0.3) is 0 Å². The lowest BCUT2D eigenvalue weighted by molar-refractivity contribution is 0.346. The summed E-state index contributed by atoms with van der Waals surface area (Å²) < 4.78 is 37.9. The number of anilines is 1. The van der Waals surface area contributed by atoms with Gasteiger partial charge in [0.05, 0.1) is 20.4 Å². The van der Waals surface area contributed by atoms with Gasteiger partial charge in [-0.3, -0.25) is 5.10 Å². The van der Waals surface area contributed by atoms with E-state index in [9.17, 15) is 8.42 Å². The molecule has 0 atom stereocenters. The van der Waals surface area contributed by atoms with Gasteiger partial charge in [-0.1, -0.05) is 6.07 Å². The number of H-pyrrole nitrogens is 1. The molecule has 2 aromatic rings. The highest BCUT2D eigenvalue weighted by atomic mass is 32.2. The zero-order valence-electron chi connectivity index (χ0n) is 12.4. The maximum atomic E-state index is 13.0. The van der Waals surface area contributed by atoms with Crippen molar-refractivity contribution >= 4 is 15.8 Å². The zero-order chi connectivity index (χ0) is 15.7. The minimum atomic E-state index is -3.76. The number of para-hydroxylation sites is 1. The second-order valence-corrected chi connectivity index (χ2v) is 6.75. The van der Waals surface area contributed by atoms with E-state index >= 15 is 0 Å². The number of sulfonamides is 1. The summed E-state index contributed by atoms with van der Waals surface area (Å²) in [6.07, 6.45) is 3.23. The molecule has 0 aliphatic carbocycles. The fourth-order valence-corrected chi connectivity index (χ4v) is 4.32. The SMILES string of the molecule is COc1cccc(S(=O)(=O)N2CCCc3cn[nH]c32)c1OC. The van der Waals surface area contributed by atoms with Gasteiger partial charge in [-0.05, 0) is 25.0 Å². The first-order valence-corrected chi connectivity index (χ1v) is 8.29. The summed E-state index contributed by atoms with van der Waals surface area (Å²) in [7, 11) is -0.864. The van der Waals surface area contributed by atoms with Crippen molar-refractivity contribution in [3.63, 3.8) is 0 Å². The Morgan fingerprint density at radius 3 is 2.82 bits per heavy atom. The van der Waals surface area contributed by atoms with Gasteiger partial charge in [-0.25, -0.2) is 12.7 Å². The molecule has 7 nitrogen and oxygen atoms in total. The summed E-state index contributed by atoms with van der Waals surface area (Å²) in [5.74, 6) is 1.11. The first-order chi connectivity index (χ1) is 10.6. The Bertz CT molecular complexity index is 785. The van der Waals surface area contributed by atoms with Crippen molar-refractivity contribution in [1.29, 1.82) is 0 Å². The van der Waals surface area contributed by atoms with Crippen LogP contribution >= 0.6 is 0 Å². The van der Waals surface area contributed by atoms with Gasteiger partial charge in [-0.15, -0.1) is 0 Å². The molecule has 0 spiro atoms. The molecule has 3 rings (SSSR count). The topological polar surface area (TPSA) is 84.5 Å². The van der Waals surface area contributed by atoms with Gasteiger partial charge in [-0.2, -0.15) is 5.10 Å². The molecule has 1 aromatic heterocycles. The van der Waals surface area contributed by atoms with Crippen LogP contribution in [0.4, 0.5) is 5.82 Å². The third-order valence-corrected chi connectivity index (χ3v) is 5.51. The standard InChI is InChI=1S/C14H17N3O4S/c1-20-11-6-3-7-12(13(11)21-2)22(18,19)17-8-4-5-10-9-15-16-14(10)17/h3,6-7,9H,4-5,8H2,1-2H3,(H,15,16). The smallest absolute Gasteiger partial charge is 0.269 e. The molecule has 0 amide bonds. The third kappa shape index (κ3) is 2.19. The van der Waals surface area contributed by atoms with Gasteiger partial charge in [0.2, 0.25) is 0 Å². The molecule has 1 aliphatic heterocycles. The second kappa shape index (κ2) is 5.53. The van der Waals surface area contributed by atoms with E-state index in [0.29, 0.717) is 18.1 Å². The van der Waals surface area contributed by atoms with E-state index in [4.69, 9.17) is 9.47 Å². The Hall–Kier alpha value is -2.22. The number of rotatable bonds is 4. The molecule has 118 valence electrons. The van der Waals surface area contributed by atoms with Crippen molar-refractivity contribution in [2.24, 2.45) is 0 Å². The molecule has 0 saturated carbocycles. The quantitative estimate of drug-likeness (QED) is 0.923. The summed E-state index contributed by atoms with van der Waals surface area (Å²) in [5, 5.41) is 6.72. The molecule has 2 heterocycles. The van der Waals surface area contributed by atoms with Crippen LogP contribution in [0.5, 0.6) is 11.5 Å². The molecule has 0 unspecified atom stereocenters. The van der Waals surface area contributed by atoms with E-state index in [1.165, 1.54) is 24.6 Å². The molecule has 8 heteroatoms. The van der Waals surface area contributed by atoms with Crippen molar-refractivity contribution in [3.8, 4) is 11.5 Å². The van der Waals surface area contributed by atoms with E-state index in [-0.39, 0.29) is 10.6 Å². The zero-order valence-corrected chi connectivity index (χ0v) is 13.2. The number of hydrogen-bond acceptors (Lipinski definition) is 5. The molecule has 1 N–H and O–H groups in total. The summed E-state index contributed by atoms with van der Waals surface area (Å²) in [6.45, 7) is 0.401. The predicted molar refractivity (Wildman–Crippen MR) is 81.0 cm³/mol. The molecule has 0 bridgehead atoms.